The number of aromatic amines is 1. The van der Waals surface area contributed by atoms with E-state index in [0.717, 1.165) is 6.92 Å². The van der Waals surface area contributed by atoms with E-state index in [9.17, 15) is 22.8 Å². The van der Waals surface area contributed by atoms with Gasteiger partial charge in [-0.25, -0.2) is 9.67 Å². The minimum absolute atomic E-state index is 0.0311. The normalized spacial score (nSPS) is 12.2. The summed E-state index contributed by atoms with van der Waals surface area (Å²) in [4.78, 5) is 28.7. The molecule has 0 aliphatic heterocycles. The molecule has 0 aliphatic carbocycles. The molecule has 0 aliphatic rings. The number of alkyl halides is 3. The Labute approximate surface area is 162 Å². The molecule has 7 nitrogen and oxygen atoms in total. The van der Waals surface area contributed by atoms with E-state index in [2.05, 4.69) is 10.1 Å². The van der Waals surface area contributed by atoms with Crippen LogP contribution in [0.3, 0.4) is 0 Å². The Kier molecular flexibility index (Phi) is 5.23. The van der Waals surface area contributed by atoms with Crippen LogP contribution in [0.25, 0.3) is 16.9 Å². The molecule has 3 rings (SSSR count). The third-order valence-electron chi connectivity index (χ3n) is 4.15. The van der Waals surface area contributed by atoms with Gasteiger partial charge in [0.05, 0.1) is 22.8 Å². The van der Waals surface area contributed by atoms with Gasteiger partial charge in [0.25, 0.3) is 11.5 Å². The molecular weight excluding hydrogens is 387 g/mol. The SMILES string of the molecule is C[C@@H](NC(=O)c1cccnc1-n1cc(-c2ccc(C#N)cc2)c(=O)[nH]1)C(F)(F)F. The number of carbonyl (C=O) groups is 1. The number of rotatable bonds is 4. The maximum absolute atomic E-state index is 12.7. The lowest BCUT2D eigenvalue weighted by atomic mass is 10.1. The first-order chi connectivity index (χ1) is 13.7. The number of benzene rings is 1. The fourth-order valence-electron chi connectivity index (χ4n) is 2.56. The van der Waals surface area contributed by atoms with Gasteiger partial charge in [-0.2, -0.15) is 18.4 Å². The second kappa shape index (κ2) is 7.63. The summed E-state index contributed by atoms with van der Waals surface area (Å²) in [6.07, 6.45) is -1.86. The van der Waals surface area contributed by atoms with Gasteiger partial charge in [0.15, 0.2) is 5.82 Å². The number of pyridine rings is 1. The van der Waals surface area contributed by atoms with Crippen LogP contribution in [-0.2, 0) is 0 Å². The van der Waals surface area contributed by atoms with Gasteiger partial charge in [-0.05, 0) is 36.8 Å². The van der Waals surface area contributed by atoms with Crippen molar-refractivity contribution < 1.29 is 18.0 Å². The molecule has 0 saturated carbocycles. The lowest BCUT2D eigenvalue weighted by Gasteiger charge is -2.18. The zero-order chi connectivity index (χ0) is 21.2. The summed E-state index contributed by atoms with van der Waals surface area (Å²) in [7, 11) is 0. The molecule has 1 aromatic carbocycles. The fraction of sp³-hybridized carbons (Fsp3) is 0.158. The molecule has 1 atom stereocenters. The van der Waals surface area contributed by atoms with Gasteiger partial charge in [-0.3, -0.25) is 14.7 Å². The molecule has 0 fully saturated rings. The van der Waals surface area contributed by atoms with E-state index >= 15 is 0 Å². The van der Waals surface area contributed by atoms with E-state index in [0.29, 0.717) is 11.1 Å². The zero-order valence-electron chi connectivity index (χ0n) is 15.0. The van der Waals surface area contributed by atoms with E-state index < -0.39 is 23.7 Å². The minimum atomic E-state index is -4.59. The van der Waals surface area contributed by atoms with Crippen molar-refractivity contribution in [3.05, 3.63) is 70.3 Å². The summed E-state index contributed by atoms with van der Waals surface area (Å²) in [5.41, 5.74) is 0.565. The second-order valence-electron chi connectivity index (χ2n) is 6.15. The second-order valence-corrected chi connectivity index (χ2v) is 6.15. The molecule has 10 heteroatoms. The van der Waals surface area contributed by atoms with Gasteiger partial charge in [-0.1, -0.05) is 12.1 Å². The van der Waals surface area contributed by atoms with Crippen molar-refractivity contribution in [1.29, 1.82) is 5.26 Å². The molecule has 2 N–H and O–H groups in total. The number of nitriles is 1. The number of nitrogens with zero attached hydrogens (tertiary/aromatic N) is 3. The lowest BCUT2D eigenvalue weighted by molar-refractivity contribution is -0.149. The first kappa shape index (κ1) is 19.9. The van der Waals surface area contributed by atoms with Gasteiger partial charge in [-0.15, -0.1) is 0 Å². The first-order valence-corrected chi connectivity index (χ1v) is 8.36. The fourth-order valence-corrected chi connectivity index (χ4v) is 2.56. The summed E-state index contributed by atoms with van der Waals surface area (Å²) >= 11 is 0. The van der Waals surface area contributed by atoms with E-state index in [1.54, 1.807) is 24.3 Å². The van der Waals surface area contributed by atoms with Crippen LogP contribution in [0, 0.1) is 11.3 Å². The summed E-state index contributed by atoms with van der Waals surface area (Å²) in [6, 6.07) is 8.89. The number of amides is 1. The molecule has 148 valence electrons. The zero-order valence-corrected chi connectivity index (χ0v) is 15.0. The van der Waals surface area contributed by atoms with Crippen LogP contribution in [0.2, 0.25) is 0 Å². The van der Waals surface area contributed by atoms with Crippen LogP contribution in [0.5, 0.6) is 0 Å². The topological polar surface area (TPSA) is 104 Å². The monoisotopic (exact) mass is 401 g/mol. The van der Waals surface area contributed by atoms with Crippen LogP contribution in [0.15, 0.2) is 53.6 Å². The van der Waals surface area contributed by atoms with Crippen molar-refractivity contribution in [2.45, 2.75) is 19.1 Å². The Bertz CT molecular complexity index is 1140. The molecule has 3 aromatic rings. The summed E-state index contributed by atoms with van der Waals surface area (Å²) in [5.74, 6) is -1.01. The molecule has 0 saturated heterocycles. The molecule has 2 aromatic heterocycles. The summed E-state index contributed by atoms with van der Waals surface area (Å²) in [5, 5.41) is 13.2. The van der Waals surface area contributed by atoms with E-state index in [1.807, 2.05) is 11.4 Å². The Hall–Kier alpha value is -3.87. The summed E-state index contributed by atoms with van der Waals surface area (Å²) in [6.45, 7) is 0.828. The van der Waals surface area contributed by atoms with Gasteiger partial charge in [0.1, 0.15) is 6.04 Å². The smallest absolute Gasteiger partial charge is 0.340 e. The first-order valence-electron chi connectivity index (χ1n) is 8.36. The maximum Gasteiger partial charge on any atom is 0.408 e. The molecule has 0 unspecified atom stereocenters. The highest BCUT2D eigenvalue weighted by molar-refractivity contribution is 5.97. The Morgan fingerprint density at radius 1 is 1.28 bits per heavy atom. The van der Waals surface area contributed by atoms with Crippen LogP contribution in [-0.4, -0.2) is 32.9 Å². The Morgan fingerprint density at radius 3 is 2.59 bits per heavy atom. The average Bonchev–Trinajstić information content (AvgIpc) is 3.08. The number of carbonyl (C=O) groups excluding carboxylic acids is 1. The van der Waals surface area contributed by atoms with E-state index in [-0.39, 0.29) is 16.9 Å². The predicted molar refractivity (Wildman–Crippen MR) is 97.3 cm³/mol. The number of hydrogen-bond acceptors (Lipinski definition) is 4. The minimum Gasteiger partial charge on any atom is -0.340 e. The average molecular weight is 401 g/mol. The highest BCUT2D eigenvalue weighted by atomic mass is 19.4. The number of hydrogen-bond donors (Lipinski definition) is 2. The van der Waals surface area contributed by atoms with Crippen LogP contribution in [0.1, 0.15) is 22.8 Å². The third-order valence-corrected chi connectivity index (χ3v) is 4.15. The van der Waals surface area contributed by atoms with E-state index in [1.165, 1.54) is 29.2 Å². The molecule has 0 bridgehead atoms. The van der Waals surface area contributed by atoms with E-state index in [4.69, 9.17) is 5.26 Å². The van der Waals surface area contributed by atoms with Gasteiger partial charge in [0, 0.05) is 12.4 Å². The van der Waals surface area contributed by atoms with Crippen molar-refractivity contribution >= 4 is 5.91 Å². The third kappa shape index (κ3) is 4.19. The number of aromatic nitrogens is 3. The standard InChI is InChI=1S/C19H14F3N5O2/c1-11(19(20,21)22)25-17(28)14-3-2-8-24-16(14)27-10-15(18(29)26-27)13-6-4-12(9-23)5-7-13/h2-8,10-11H,1H3,(H,25,28)(H,26,29)/t11-/m1/s1. The van der Waals surface area contributed by atoms with Crippen molar-refractivity contribution in [2.24, 2.45) is 0 Å². The molecule has 0 spiro atoms. The maximum atomic E-state index is 12.7. The van der Waals surface area contributed by atoms with Crippen LogP contribution < -0.4 is 10.9 Å². The largest absolute Gasteiger partial charge is 0.408 e. The van der Waals surface area contributed by atoms with Gasteiger partial charge < -0.3 is 5.32 Å². The van der Waals surface area contributed by atoms with Crippen molar-refractivity contribution in [3.8, 4) is 23.0 Å². The Balaban J connectivity index is 1.97. The lowest BCUT2D eigenvalue weighted by Crippen LogP contribution is -2.43. The molecule has 2 heterocycles. The van der Waals surface area contributed by atoms with Crippen LogP contribution in [0.4, 0.5) is 13.2 Å². The molecule has 0 radical (unpaired) electrons. The van der Waals surface area contributed by atoms with Crippen molar-refractivity contribution in [3.63, 3.8) is 0 Å². The number of halogens is 3. The highest BCUT2D eigenvalue weighted by Gasteiger charge is 2.37. The predicted octanol–water partition coefficient (Wildman–Crippen LogP) is 2.78. The Morgan fingerprint density at radius 2 is 1.97 bits per heavy atom. The van der Waals surface area contributed by atoms with Gasteiger partial charge in [0.2, 0.25) is 0 Å². The number of H-pyrrole nitrogens is 1. The van der Waals surface area contributed by atoms with Crippen molar-refractivity contribution in [1.82, 2.24) is 20.1 Å². The van der Waals surface area contributed by atoms with Crippen molar-refractivity contribution in [2.75, 3.05) is 0 Å². The van der Waals surface area contributed by atoms with Crippen LogP contribution >= 0.6 is 0 Å². The summed E-state index contributed by atoms with van der Waals surface area (Å²) < 4.78 is 39.4. The molecular formula is C19H14F3N5O2. The highest BCUT2D eigenvalue weighted by Crippen LogP contribution is 2.21. The number of nitrogens with one attached hydrogen (secondary N) is 2. The molecule has 1 amide bonds. The molecule has 29 heavy (non-hydrogen) atoms. The quantitative estimate of drug-likeness (QED) is 0.702. The van der Waals surface area contributed by atoms with Gasteiger partial charge >= 0.3 is 6.18 Å².